The molecule has 0 bridgehead atoms. The van der Waals surface area contributed by atoms with Crippen LogP contribution in [0.15, 0.2) is 0 Å². The fourth-order valence-electron chi connectivity index (χ4n) is 2.83. The number of aromatic nitrogens is 2. The van der Waals surface area contributed by atoms with Crippen molar-refractivity contribution in [1.82, 2.24) is 20.0 Å². The smallest absolute Gasteiger partial charge is 0.327 e. The molecule has 0 saturated carbocycles. The first kappa shape index (κ1) is 16.0. The van der Waals surface area contributed by atoms with Gasteiger partial charge in [-0.25, -0.2) is 0 Å². The summed E-state index contributed by atoms with van der Waals surface area (Å²) in [6.07, 6.45) is 0. The van der Waals surface area contributed by atoms with Crippen molar-refractivity contribution in [3.63, 3.8) is 0 Å². The summed E-state index contributed by atoms with van der Waals surface area (Å²) in [5, 5.41) is 7.94. The van der Waals surface area contributed by atoms with Gasteiger partial charge >= 0.3 is 5.97 Å². The van der Waals surface area contributed by atoms with Gasteiger partial charge in [0.25, 0.3) is 0 Å². The van der Waals surface area contributed by atoms with Gasteiger partial charge in [0.05, 0.1) is 12.3 Å². The standard InChI is InChI=1S/C15H26N4O2/c1-5-21-15(20)10-19-13(4)14(12(3)17-19)9-18-7-6-16-11(2)8-18/h11,16H,5-10H2,1-4H3/t11-/m1/s1. The third-order valence-electron chi connectivity index (χ3n) is 3.95. The Morgan fingerprint density at radius 2 is 2.24 bits per heavy atom. The fourth-order valence-corrected chi connectivity index (χ4v) is 2.83. The highest BCUT2D eigenvalue weighted by molar-refractivity contribution is 5.69. The Labute approximate surface area is 126 Å². The summed E-state index contributed by atoms with van der Waals surface area (Å²) < 4.78 is 6.75. The van der Waals surface area contributed by atoms with Crippen LogP contribution in [0.2, 0.25) is 0 Å². The van der Waals surface area contributed by atoms with Crippen LogP contribution in [0, 0.1) is 13.8 Å². The number of hydrogen-bond donors (Lipinski definition) is 1. The number of aryl methyl sites for hydroxylation is 1. The summed E-state index contributed by atoms with van der Waals surface area (Å²) in [5.74, 6) is -0.231. The molecule has 0 unspecified atom stereocenters. The lowest BCUT2D eigenvalue weighted by Crippen LogP contribution is -2.48. The summed E-state index contributed by atoms with van der Waals surface area (Å²) in [7, 11) is 0. The molecule has 1 fully saturated rings. The second-order valence-electron chi connectivity index (χ2n) is 5.70. The van der Waals surface area contributed by atoms with Crippen LogP contribution in [0.25, 0.3) is 0 Å². The maximum atomic E-state index is 11.6. The molecule has 1 N–H and O–H groups in total. The molecule has 0 aromatic carbocycles. The van der Waals surface area contributed by atoms with Gasteiger partial charge in [-0.05, 0) is 27.7 Å². The van der Waals surface area contributed by atoms with Crippen molar-refractivity contribution in [1.29, 1.82) is 0 Å². The first-order valence-electron chi connectivity index (χ1n) is 7.65. The molecule has 6 nitrogen and oxygen atoms in total. The number of nitrogens with one attached hydrogen (secondary N) is 1. The zero-order chi connectivity index (χ0) is 15.4. The van der Waals surface area contributed by atoms with E-state index in [1.807, 2.05) is 20.8 Å². The number of rotatable bonds is 5. The zero-order valence-corrected chi connectivity index (χ0v) is 13.5. The SMILES string of the molecule is CCOC(=O)Cn1nc(C)c(CN2CCN[C@H](C)C2)c1C. The minimum Gasteiger partial charge on any atom is -0.465 e. The predicted octanol–water partition coefficient (Wildman–Crippen LogP) is 0.857. The van der Waals surface area contributed by atoms with Gasteiger partial charge in [-0.2, -0.15) is 5.10 Å². The van der Waals surface area contributed by atoms with E-state index in [0.29, 0.717) is 12.6 Å². The van der Waals surface area contributed by atoms with Crippen LogP contribution in [0.1, 0.15) is 30.8 Å². The molecule has 0 radical (unpaired) electrons. The number of carbonyl (C=O) groups excluding carboxylic acids is 1. The van der Waals surface area contributed by atoms with Gasteiger partial charge in [-0.1, -0.05) is 0 Å². The van der Waals surface area contributed by atoms with Crippen LogP contribution in [0.5, 0.6) is 0 Å². The molecular weight excluding hydrogens is 268 g/mol. The highest BCUT2D eigenvalue weighted by Crippen LogP contribution is 2.16. The Morgan fingerprint density at radius 3 is 2.90 bits per heavy atom. The highest BCUT2D eigenvalue weighted by atomic mass is 16.5. The van der Waals surface area contributed by atoms with E-state index >= 15 is 0 Å². The Balaban J connectivity index is 2.06. The lowest BCUT2D eigenvalue weighted by atomic mass is 10.1. The Kier molecular flexibility index (Phi) is 5.36. The van der Waals surface area contributed by atoms with E-state index < -0.39 is 0 Å². The van der Waals surface area contributed by atoms with Gasteiger partial charge in [0.2, 0.25) is 0 Å². The summed E-state index contributed by atoms with van der Waals surface area (Å²) in [6, 6.07) is 0.522. The Bertz CT molecular complexity index is 498. The van der Waals surface area contributed by atoms with E-state index in [0.717, 1.165) is 37.6 Å². The molecule has 1 aliphatic heterocycles. The van der Waals surface area contributed by atoms with Crippen molar-refractivity contribution >= 4 is 5.97 Å². The molecule has 1 aliphatic rings. The van der Waals surface area contributed by atoms with Crippen molar-refractivity contribution in [2.24, 2.45) is 0 Å². The third-order valence-corrected chi connectivity index (χ3v) is 3.95. The van der Waals surface area contributed by atoms with E-state index in [1.165, 1.54) is 5.56 Å². The monoisotopic (exact) mass is 294 g/mol. The summed E-state index contributed by atoms with van der Waals surface area (Å²) >= 11 is 0. The predicted molar refractivity (Wildman–Crippen MR) is 81.1 cm³/mol. The molecule has 1 aromatic rings. The Hall–Kier alpha value is -1.40. The lowest BCUT2D eigenvalue weighted by Gasteiger charge is -2.31. The minimum absolute atomic E-state index is 0.193. The van der Waals surface area contributed by atoms with Gasteiger partial charge in [0.1, 0.15) is 6.54 Å². The zero-order valence-electron chi connectivity index (χ0n) is 13.5. The van der Waals surface area contributed by atoms with Gasteiger partial charge in [-0.15, -0.1) is 0 Å². The number of hydrogen-bond acceptors (Lipinski definition) is 5. The van der Waals surface area contributed by atoms with Crippen LogP contribution in [0.3, 0.4) is 0 Å². The topological polar surface area (TPSA) is 59.4 Å². The first-order valence-corrected chi connectivity index (χ1v) is 7.65. The van der Waals surface area contributed by atoms with Gasteiger partial charge < -0.3 is 10.1 Å². The largest absolute Gasteiger partial charge is 0.465 e. The molecule has 1 atom stereocenters. The van der Waals surface area contributed by atoms with E-state index in [2.05, 4.69) is 22.2 Å². The van der Waals surface area contributed by atoms with Crippen molar-refractivity contribution < 1.29 is 9.53 Å². The molecule has 0 spiro atoms. The van der Waals surface area contributed by atoms with E-state index in [4.69, 9.17) is 4.74 Å². The van der Waals surface area contributed by atoms with Crippen molar-refractivity contribution in [3.8, 4) is 0 Å². The number of piperazine rings is 1. The van der Waals surface area contributed by atoms with Crippen LogP contribution in [-0.4, -0.2) is 52.9 Å². The maximum Gasteiger partial charge on any atom is 0.327 e. The Morgan fingerprint density at radius 1 is 1.48 bits per heavy atom. The van der Waals surface area contributed by atoms with Crippen molar-refractivity contribution in [3.05, 3.63) is 17.0 Å². The molecule has 0 amide bonds. The van der Waals surface area contributed by atoms with Crippen LogP contribution < -0.4 is 5.32 Å². The number of carbonyl (C=O) groups is 1. The van der Waals surface area contributed by atoms with E-state index in [1.54, 1.807) is 4.68 Å². The molecule has 2 rings (SSSR count). The summed E-state index contributed by atoms with van der Waals surface area (Å²) in [5.41, 5.74) is 3.29. The molecular formula is C15H26N4O2. The minimum atomic E-state index is -0.231. The van der Waals surface area contributed by atoms with E-state index in [9.17, 15) is 4.79 Å². The molecule has 118 valence electrons. The average Bonchev–Trinajstić information content (AvgIpc) is 2.67. The van der Waals surface area contributed by atoms with Crippen LogP contribution in [0.4, 0.5) is 0 Å². The molecule has 6 heteroatoms. The number of ether oxygens (including phenoxy) is 1. The third kappa shape index (κ3) is 4.04. The second-order valence-corrected chi connectivity index (χ2v) is 5.70. The van der Waals surface area contributed by atoms with Crippen molar-refractivity contribution in [2.75, 3.05) is 26.2 Å². The van der Waals surface area contributed by atoms with E-state index in [-0.39, 0.29) is 12.5 Å². The number of esters is 1. The normalized spacial score (nSPS) is 19.7. The van der Waals surface area contributed by atoms with Crippen LogP contribution in [-0.2, 0) is 22.6 Å². The van der Waals surface area contributed by atoms with Gasteiger partial charge in [-0.3, -0.25) is 14.4 Å². The molecule has 1 saturated heterocycles. The molecule has 0 aliphatic carbocycles. The summed E-state index contributed by atoms with van der Waals surface area (Å²) in [6.45, 7) is 12.7. The number of nitrogens with zero attached hydrogens (tertiary/aromatic N) is 3. The molecule has 1 aromatic heterocycles. The lowest BCUT2D eigenvalue weighted by molar-refractivity contribution is -0.144. The van der Waals surface area contributed by atoms with Crippen LogP contribution >= 0.6 is 0 Å². The second kappa shape index (κ2) is 7.04. The molecule has 2 heterocycles. The highest BCUT2D eigenvalue weighted by Gasteiger charge is 2.20. The first-order chi connectivity index (χ1) is 10.0. The maximum absolute atomic E-state index is 11.6. The van der Waals surface area contributed by atoms with Gasteiger partial charge in [0.15, 0.2) is 0 Å². The average molecular weight is 294 g/mol. The quantitative estimate of drug-likeness (QED) is 0.816. The van der Waals surface area contributed by atoms with Gasteiger partial charge in [0, 0.05) is 43.5 Å². The van der Waals surface area contributed by atoms with Crippen molar-refractivity contribution in [2.45, 2.75) is 46.8 Å². The molecule has 21 heavy (non-hydrogen) atoms. The summed E-state index contributed by atoms with van der Waals surface area (Å²) in [4.78, 5) is 14.1. The fraction of sp³-hybridized carbons (Fsp3) is 0.733.